The fourth-order valence-electron chi connectivity index (χ4n) is 4.97. The number of hydrogen-bond donors (Lipinski definition) is 1. The molecular formula is C32H33N5O5. The lowest BCUT2D eigenvalue weighted by atomic mass is 10.1. The number of esters is 1. The van der Waals surface area contributed by atoms with E-state index in [1.807, 2.05) is 53.4 Å². The summed E-state index contributed by atoms with van der Waals surface area (Å²) in [6.45, 7) is 6.05. The third kappa shape index (κ3) is 6.12. The summed E-state index contributed by atoms with van der Waals surface area (Å²) in [4.78, 5) is 40.9. The molecule has 42 heavy (non-hydrogen) atoms. The lowest BCUT2D eigenvalue weighted by Crippen LogP contribution is -2.48. The van der Waals surface area contributed by atoms with Gasteiger partial charge >= 0.3 is 5.97 Å². The van der Waals surface area contributed by atoms with E-state index in [4.69, 9.17) is 9.47 Å². The highest BCUT2D eigenvalue weighted by atomic mass is 16.5. The topological polar surface area (TPSA) is 106 Å². The Morgan fingerprint density at radius 3 is 2.24 bits per heavy atom. The van der Waals surface area contributed by atoms with Gasteiger partial charge in [-0.2, -0.15) is 5.10 Å². The number of methoxy groups -OCH3 is 1. The zero-order chi connectivity index (χ0) is 29.6. The molecule has 1 N–H and O–H groups in total. The van der Waals surface area contributed by atoms with Crippen LogP contribution in [0.1, 0.15) is 34.7 Å². The number of amides is 2. The van der Waals surface area contributed by atoms with Gasteiger partial charge in [-0.25, -0.2) is 9.48 Å². The molecule has 10 nitrogen and oxygen atoms in total. The Balaban J connectivity index is 1.30. The maximum absolute atomic E-state index is 13.0. The van der Waals surface area contributed by atoms with Crippen LogP contribution in [0.2, 0.25) is 0 Å². The van der Waals surface area contributed by atoms with Crippen LogP contribution in [-0.2, 0) is 9.53 Å². The average Bonchev–Trinajstić information content (AvgIpc) is 3.47. The molecule has 5 rings (SSSR count). The second kappa shape index (κ2) is 12.6. The number of nitrogens with one attached hydrogen (secondary N) is 1. The molecule has 2 heterocycles. The minimum absolute atomic E-state index is 0.0265. The summed E-state index contributed by atoms with van der Waals surface area (Å²) in [7, 11) is 1.60. The van der Waals surface area contributed by atoms with Gasteiger partial charge in [0.15, 0.2) is 5.69 Å². The molecular weight excluding hydrogens is 534 g/mol. The second-order valence-corrected chi connectivity index (χ2v) is 9.80. The Hall–Kier alpha value is -5.12. The van der Waals surface area contributed by atoms with E-state index >= 15 is 0 Å². The molecule has 1 saturated heterocycles. The van der Waals surface area contributed by atoms with Crippen molar-refractivity contribution in [2.45, 2.75) is 13.8 Å². The summed E-state index contributed by atoms with van der Waals surface area (Å²) in [5, 5.41) is 7.27. The Morgan fingerprint density at radius 2 is 1.60 bits per heavy atom. The smallest absolute Gasteiger partial charge is 0.358 e. The normalized spacial score (nSPS) is 13.0. The maximum Gasteiger partial charge on any atom is 0.358 e. The highest BCUT2D eigenvalue weighted by molar-refractivity contribution is 5.95. The highest BCUT2D eigenvalue weighted by Crippen LogP contribution is 2.31. The standard InChI is InChI=1S/C32H33N5O5/c1-4-42-32(40)27-21-29(37(34-27)28-7-5-6-8-30(28)41-3)23-11-15-26(16-12-23)35-17-19-36(20-18-35)31(39)24-9-13-25(14-10-24)33-22(2)38/h5-16,21H,4,17-20H2,1-3H3,(H,33,38). The van der Waals surface area contributed by atoms with Gasteiger partial charge in [0.2, 0.25) is 5.91 Å². The Morgan fingerprint density at radius 1 is 0.905 bits per heavy atom. The molecule has 1 aromatic heterocycles. The Labute approximate surface area is 244 Å². The quantitative estimate of drug-likeness (QED) is 0.309. The number of hydrogen-bond acceptors (Lipinski definition) is 7. The number of carbonyl (C=O) groups is 3. The van der Waals surface area contributed by atoms with Crippen molar-refractivity contribution in [3.8, 4) is 22.7 Å². The van der Waals surface area contributed by atoms with Crippen molar-refractivity contribution in [3.63, 3.8) is 0 Å². The van der Waals surface area contributed by atoms with E-state index in [-0.39, 0.29) is 24.1 Å². The molecule has 1 aliphatic heterocycles. The number of nitrogens with zero attached hydrogens (tertiary/aromatic N) is 4. The first kappa shape index (κ1) is 28.4. The first-order valence-corrected chi connectivity index (χ1v) is 13.8. The van der Waals surface area contributed by atoms with Crippen LogP contribution in [0.25, 0.3) is 16.9 Å². The molecule has 10 heteroatoms. The molecule has 2 amide bonds. The number of anilines is 2. The van der Waals surface area contributed by atoms with Gasteiger partial charge in [-0.15, -0.1) is 0 Å². The molecule has 216 valence electrons. The summed E-state index contributed by atoms with van der Waals surface area (Å²) in [5.74, 6) is -0.0341. The number of aromatic nitrogens is 2. The van der Waals surface area contributed by atoms with E-state index < -0.39 is 5.97 Å². The number of rotatable bonds is 8. The summed E-state index contributed by atoms with van der Waals surface area (Å²) in [6, 6.07) is 24.3. The van der Waals surface area contributed by atoms with E-state index in [1.165, 1.54) is 6.92 Å². The number of piperazine rings is 1. The SMILES string of the molecule is CCOC(=O)c1cc(-c2ccc(N3CCN(C(=O)c4ccc(NC(C)=O)cc4)CC3)cc2)n(-c2ccccc2OC)n1. The fourth-order valence-corrected chi connectivity index (χ4v) is 4.97. The minimum Gasteiger partial charge on any atom is -0.494 e. The molecule has 0 radical (unpaired) electrons. The van der Waals surface area contributed by atoms with Crippen LogP contribution in [0.5, 0.6) is 5.75 Å². The van der Waals surface area contributed by atoms with Crippen LogP contribution in [0.15, 0.2) is 78.9 Å². The van der Waals surface area contributed by atoms with Crippen LogP contribution in [-0.4, -0.2) is 72.4 Å². The minimum atomic E-state index is -0.486. The lowest BCUT2D eigenvalue weighted by Gasteiger charge is -2.36. The van der Waals surface area contributed by atoms with E-state index in [0.717, 1.165) is 16.9 Å². The van der Waals surface area contributed by atoms with Gasteiger partial charge in [-0.05, 0) is 61.5 Å². The molecule has 4 aromatic rings. The predicted octanol–water partition coefficient (Wildman–Crippen LogP) is 4.65. The summed E-state index contributed by atoms with van der Waals surface area (Å²) in [6.07, 6.45) is 0. The summed E-state index contributed by atoms with van der Waals surface area (Å²) >= 11 is 0. The highest BCUT2D eigenvalue weighted by Gasteiger charge is 2.23. The number of benzene rings is 3. The lowest BCUT2D eigenvalue weighted by molar-refractivity contribution is -0.114. The van der Waals surface area contributed by atoms with Crippen molar-refractivity contribution in [3.05, 3.63) is 90.1 Å². The molecule has 0 unspecified atom stereocenters. The largest absolute Gasteiger partial charge is 0.494 e. The number of para-hydroxylation sites is 2. The van der Waals surface area contributed by atoms with Crippen LogP contribution in [0, 0.1) is 0 Å². The average molecular weight is 568 g/mol. The molecule has 3 aromatic carbocycles. The van der Waals surface area contributed by atoms with Crippen LogP contribution in [0.3, 0.4) is 0 Å². The monoisotopic (exact) mass is 567 g/mol. The maximum atomic E-state index is 13.0. The van der Waals surface area contributed by atoms with Gasteiger partial charge in [-0.1, -0.05) is 24.3 Å². The zero-order valence-corrected chi connectivity index (χ0v) is 23.9. The van der Waals surface area contributed by atoms with Crippen molar-refractivity contribution >= 4 is 29.2 Å². The third-order valence-electron chi connectivity index (χ3n) is 7.05. The van der Waals surface area contributed by atoms with Crippen LogP contribution in [0.4, 0.5) is 11.4 Å². The molecule has 1 fully saturated rings. The third-order valence-corrected chi connectivity index (χ3v) is 7.05. The van der Waals surface area contributed by atoms with Crippen molar-refractivity contribution in [2.24, 2.45) is 0 Å². The van der Waals surface area contributed by atoms with Gasteiger partial charge in [0.1, 0.15) is 11.4 Å². The van der Waals surface area contributed by atoms with E-state index in [2.05, 4.69) is 15.3 Å². The molecule has 0 saturated carbocycles. The number of ether oxygens (including phenoxy) is 2. The number of carbonyl (C=O) groups excluding carboxylic acids is 3. The van der Waals surface area contributed by atoms with Crippen LogP contribution < -0.4 is 15.0 Å². The van der Waals surface area contributed by atoms with E-state index in [1.54, 1.807) is 49.0 Å². The summed E-state index contributed by atoms with van der Waals surface area (Å²) in [5.41, 5.74) is 4.83. The van der Waals surface area contributed by atoms with Crippen molar-refractivity contribution in [1.82, 2.24) is 14.7 Å². The first-order chi connectivity index (χ1) is 20.4. The van der Waals surface area contributed by atoms with Crippen LogP contribution >= 0.6 is 0 Å². The predicted molar refractivity (Wildman–Crippen MR) is 160 cm³/mol. The van der Waals surface area contributed by atoms with Crippen molar-refractivity contribution in [1.29, 1.82) is 0 Å². The van der Waals surface area contributed by atoms with Gasteiger partial charge in [-0.3, -0.25) is 9.59 Å². The first-order valence-electron chi connectivity index (χ1n) is 13.8. The second-order valence-electron chi connectivity index (χ2n) is 9.80. The molecule has 0 atom stereocenters. The van der Waals surface area contributed by atoms with E-state index in [9.17, 15) is 14.4 Å². The Bertz CT molecular complexity index is 1570. The Kier molecular flexibility index (Phi) is 8.52. The van der Waals surface area contributed by atoms with Gasteiger partial charge in [0, 0.05) is 55.6 Å². The van der Waals surface area contributed by atoms with Crippen molar-refractivity contribution < 1.29 is 23.9 Å². The van der Waals surface area contributed by atoms with E-state index in [0.29, 0.717) is 48.9 Å². The summed E-state index contributed by atoms with van der Waals surface area (Å²) < 4.78 is 12.5. The van der Waals surface area contributed by atoms with Gasteiger partial charge in [0.25, 0.3) is 5.91 Å². The van der Waals surface area contributed by atoms with Gasteiger partial charge in [0.05, 0.1) is 19.4 Å². The molecule has 1 aliphatic rings. The molecule has 0 aliphatic carbocycles. The molecule has 0 spiro atoms. The zero-order valence-electron chi connectivity index (χ0n) is 23.9. The fraction of sp³-hybridized carbons (Fsp3) is 0.250. The molecule has 0 bridgehead atoms. The van der Waals surface area contributed by atoms with Crippen molar-refractivity contribution in [2.75, 3.05) is 50.1 Å². The van der Waals surface area contributed by atoms with Gasteiger partial charge < -0.3 is 24.6 Å².